The second-order valence-corrected chi connectivity index (χ2v) is 5.22. The highest BCUT2D eigenvalue weighted by Crippen LogP contribution is 2.16. The third-order valence-corrected chi connectivity index (χ3v) is 3.49. The van der Waals surface area contributed by atoms with Gasteiger partial charge in [0.25, 0.3) is 5.91 Å². The Bertz CT molecular complexity index is 736. The molecule has 0 aliphatic rings. The van der Waals surface area contributed by atoms with E-state index in [4.69, 9.17) is 10.00 Å². The Morgan fingerprint density at radius 2 is 1.91 bits per heavy atom. The molecule has 1 N–H and O–H groups in total. The Balaban J connectivity index is 1.93. The number of ether oxygens (including phenoxy) is 1. The zero-order chi connectivity index (χ0) is 16.8. The van der Waals surface area contributed by atoms with Crippen LogP contribution in [0.1, 0.15) is 22.7 Å². The Morgan fingerprint density at radius 1 is 1.22 bits per heavy atom. The summed E-state index contributed by atoms with van der Waals surface area (Å²) >= 11 is 0. The van der Waals surface area contributed by atoms with Crippen LogP contribution in [0.4, 0.5) is 4.39 Å². The minimum Gasteiger partial charge on any atom is -0.484 e. The third-order valence-electron chi connectivity index (χ3n) is 3.49. The summed E-state index contributed by atoms with van der Waals surface area (Å²) in [6.07, 6.45) is 0. The lowest BCUT2D eigenvalue weighted by atomic mass is 10.1. The number of rotatable bonds is 5. The molecule has 0 bridgehead atoms. The maximum atomic E-state index is 12.9. The number of hydrogen-bond acceptors (Lipinski definition) is 3. The lowest BCUT2D eigenvalue weighted by Crippen LogP contribution is -2.32. The molecule has 0 spiro atoms. The molecule has 1 atom stereocenters. The predicted molar refractivity (Wildman–Crippen MR) is 84.3 cm³/mol. The van der Waals surface area contributed by atoms with E-state index < -0.39 is 17.8 Å². The van der Waals surface area contributed by atoms with Gasteiger partial charge in [-0.25, -0.2) is 4.39 Å². The van der Waals surface area contributed by atoms with Crippen LogP contribution in [0.5, 0.6) is 5.75 Å². The molecule has 0 unspecified atom stereocenters. The van der Waals surface area contributed by atoms with Gasteiger partial charge in [-0.1, -0.05) is 18.2 Å². The van der Waals surface area contributed by atoms with Crippen molar-refractivity contribution in [3.8, 4) is 11.8 Å². The Labute approximate surface area is 134 Å². The van der Waals surface area contributed by atoms with Crippen molar-refractivity contribution < 1.29 is 13.9 Å². The molecule has 2 aromatic rings. The van der Waals surface area contributed by atoms with Gasteiger partial charge < -0.3 is 10.1 Å². The molecule has 0 heterocycles. The van der Waals surface area contributed by atoms with E-state index in [-0.39, 0.29) is 6.61 Å². The van der Waals surface area contributed by atoms with Gasteiger partial charge in [-0.3, -0.25) is 4.79 Å². The molecule has 0 radical (unpaired) electrons. The number of carbonyl (C=O) groups excluding carboxylic acids is 1. The average molecular weight is 312 g/mol. The maximum Gasteiger partial charge on any atom is 0.259 e. The number of halogens is 1. The SMILES string of the molecule is Cc1ccc(OCC(=O)N[C@H](C#N)c2ccc(F)cc2)cc1C. The maximum absolute atomic E-state index is 12.9. The smallest absolute Gasteiger partial charge is 0.259 e. The van der Waals surface area contributed by atoms with Gasteiger partial charge in [0.1, 0.15) is 17.6 Å². The normalized spacial score (nSPS) is 11.4. The van der Waals surface area contributed by atoms with Crippen molar-refractivity contribution >= 4 is 5.91 Å². The van der Waals surface area contributed by atoms with Crippen molar-refractivity contribution in [1.82, 2.24) is 5.32 Å². The number of benzene rings is 2. The number of nitrogens with zero attached hydrogens (tertiary/aromatic N) is 1. The molecule has 0 saturated heterocycles. The number of aryl methyl sites for hydroxylation is 2. The minimum absolute atomic E-state index is 0.193. The first-order valence-electron chi connectivity index (χ1n) is 7.14. The van der Waals surface area contributed by atoms with E-state index in [1.807, 2.05) is 32.0 Å². The highest BCUT2D eigenvalue weighted by Gasteiger charge is 2.14. The van der Waals surface area contributed by atoms with Crippen LogP contribution in [0.3, 0.4) is 0 Å². The molecule has 2 aromatic carbocycles. The zero-order valence-corrected chi connectivity index (χ0v) is 13.0. The number of nitrogens with one attached hydrogen (secondary N) is 1. The van der Waals surface area contributed by atoms with Crippen LogP contribution in [0.25, 0.3) is 0 Å². The molecule has 0 aliphatic carbocycles. The van der Waals surface area contributed by atoms with Crippen LogP contribution >= 0.6 is 0 Å². The van der Waals surface area contributed by atoms with E-state index in [1.165, 1.54) is 24.3 Å². The molecule has 0 fully saturated rings. The summed E-state index contributed by atoms with van der Waals surface area (Å²) in [5, 5.41) is 11.7. The summed E-state index contributed by atoms with van der Waals surface area (Å²) in [6.45, 7) is 3.76. The van der Waals surface area contributed by atoms with Gasteiger partial charge in [0, 0.05) is 0 Å². The molecule has 4 nitrogen and oxygen atoms in total. The van der Waals surface area contributed by atoms with Crippen molar-refractivity contribution in [3.05, 3.63) is 65.0 Å². The van der Waals surface area contributed by atoms with Crippen LogP contribution in [-0.2, 0) is 4.79 Å². The first-order valence-corrected chi connectivity index (χ1v) is 7.14. The standard InChI is InChI=1S/C18H17FN2O2/c1-12-3-8-16(9-13(12)2)23-11-18(22)21-17(10-20)14-4-6-15(19)7-5-14/h3-9,17H,11H2,1-2H3,(H,21,22)/t17-/m1/s1. The summed E-state index contributed by atoms with van der Waals surface area (Å²) < 4.78 is 18.3. The first-order chi connectivity index (χ1) is 11.0. The fourth-order valence-electron chi connectivity index (χ4n) is 2.00. The van der Waals surface area contributed by atoms with Crippen molar-refractivity contribution in [1.29, 1.82) is 5.26 Å². The van der Waals surface area contributed by atoms with Gasteiger partial charge in [-0.05, 0) is 54.8 Å². The molecule has 1 amide bonds. The highest BCUT2D eigenvalue weighted by atomic mass is 19.1. The van der Waals surface area contributed by atoms with Gasteiger partial charge in [0.05, 0.1) is 6.07 Å². The summed E-state index contributed by atoms with van der Waals surface area (Å²) in [4.78, 5) is 11.9. The van der Waals surface area contributed by atoms with Crippen LogP contribution < -0.4 is 10.1 Å². The highest BCUT2D eigenvalue weighted by molar-refractivity contribution is 5.78. The predicted octanol–water partition coefficient (Wildman–Crippen LogP) is 3.20. The van der Waals surface area contributed by atoms with E-state index in [9.17, 15) is 9.18 Å². The average Bonchev–Trinajstić information content (AvgIpc) is 2.54. The second kappa shape index (κ2) is 7.41. The Hall–Kier alpha value is -2.87. The molecular weight excluding hydrogens is 295 g/mol. The quantitative estimate of drug-likeness (QED) is 0.922. The Kier molecular flexibility index (Phi) is 5.32. The number of carbonyl (C=O) groups is 1. The third kappa shape index (κ3) is 4.55. The van der Waals surface area contributed by atoms with Crippen molar-refractivity contribution in [2.75, 3.05) is 6.61 Å². The minimum atomic E-state index is -0.841. The van der Waals surface area contributed by atoms with Crippen molar-refractivity contribution in [3.63, 3.8) is 0 Å². The molecule has 118 valence electrons. The molecule has 5 heteroatoms. The van der Waals surface area contributed by atoms with E-state index >= 15 is 0 Å². The lowest BCUT2D eigenvalue weighted by Gasteiger charge is -2.13. The molecular formula is C18H17FN2O2. The largest absolute Gasteiger partial charge is 0.484 e. The monoisotopic (exact) mass is 312 g/mol. The number of amides is 1. The lowest BCUT2D eigenvalue weighted by molar-refractivity contribution is -0.123. The van der Waals surface area contributed by atoms with E-state index in [0.717, 1.165) is 11.1 Å². The number of hydrogen-bond donors (Lipinski definition) is 1. The summed E-state index contributed by atoms with van der Waals surface area (Å²) in [7, 11) is 0. The fraction of sp³-hybridized carbons (Fsp3) is 0.222. The van der Waals surface area contributed by atoms with E-state index in [2.05, 4.69) is 5.32 Å². The molecule has 0 aliphatic heterocycles. The van der Waals surface area contributed by atoms with Gasteiger partial charge in [-0.2, -0.15) is 5.26 Å². The molecule has 23 heavy (non-hydrogen) atoms. The van der Waals surface area contributed by atoms with Crippen LogP contribution in [0.15, 0.2) is 42.5 Å². The zero-order valence-electron chi connectivity index (χ0n) is 13.0. The molecule has 2 rings (SSSR count). The van der Waals surface area contributed by atoms with Crippen molar-refractivity contribution in [2.45, 2.75) is 19.9 Å². The van der Waals surface area contributed by atoms with Gasteiger partial charge >= 0.3 is 0 Å². The topological polar surface area (TPSA) is 62.1 Å². The van der Waals surface area contributed by atoms with Crippen LogP contribution in [0.2, 0.25) is 0 Å². The number of nitriles is 1. The Morgan fingerprint density at radius 3 is 2.52 bits per heavy atom. The van der Waals surface area contributed by atoms with Crippen molar-refractivity contribution in [2.24, 2.45) is 0 Å². The van der Waals surface area contributed by atoms with Crippen LogP contribution in [-0.4, -0.2) is 12.5 Å². The first kappa shape index (κ1) is 16.5. The summed E-state index contributed by atoms with van der Waals surface area (Å²) in [6, 6.07) is 12.1. The van der Waals surface area contributed by atoms with E-state index in [0.29, 0.717) is 11.3 Å². The summed E-state index contributed by atoms with van der Waals surface area (Å²) in [5.41, 5.74) is 2.74. The molecule has 0 aromatic heterocycles. The summed E-state index contributed by atoms with van der Waals surface area (Å²) in [5.74, 6) is -0.215. The second-order valence-electron chi connectivity index (χ2n) is 5.22. The fourth-order valence-corrected chi connectivity index (χ4v) is 2.00. The van der Waals surface area contributed by atoms with Gasteiger partial charge in [0.2, 0.25) is 0 Å². The van der Waals surface area contributed by atoms with Crippen LogP contribution in [0, 0.1) is 31.0 Å². The van der Waals surface area contributed by atoms with E-state index in [1.54, 1.807) is 6.07 Å². The van der Waals surface area contributed by atoms with Gasteiger partial charge in [0.15, 0.2) is 6.61 Å². The molecule has 0 saturated carbocycles. The van der Waals surface area contributed by atoms with Gasteiger partial charge in [-0.15, -0.1) is 0 Å².